The third-order valence-electron chi connectivity index (χ3n) is 5.97. The Kier molecular flexibility index (Phi) is 9.42. The molecule has 3 unspecified atom stereocenters. The molecule has 3 aliphatic rings. The fourth-order valence-corrected chi connectivity index (χ4v) is 4.14. The van der Waals surface area contributed by atoms with Crippen LogP contribution in [-0.4, -0.2) is 56.1 Å². The van der Waals surface area contributed by atoms with Crippen LogP contribution in [-0.2, 0) is 14.3 Å². The smallest absolute Gasteiger partial charge is 0.296 e. The van der Waals surface area contributed by atoms with Crippen molar-refractivity contribution in [1.29, 1.82) is 0 Å². The van der Waals surface area contributed by atoms with Crippen molar-refractivity contribution in [3.63, 3.8) is 0 Å². The van der Waals surface area contributed by atoms with Crippen molar-refractivity contribution in [3.8, 4) is 5.75 Å². The fraction of sp³-hybridized carbons (Fsp3) is 0.542. The number of hydrogen-bond acceptors (Lipinski definition) is 6. The molecule has 38 heavy (non-hydrogen) atoms. The molecule has 3 atom stereocenters. The van der Waals surface area contributed by atoms with Crippen LogP contribution in [0.4, 0.5) is 26.3 Å². The first kappa shape index (κ1) is 30.6. The van der Waals surface area contributed by atoms with E-state index in [9.17, 15) is 34.8 Å². The van der Waals surface area contributed by atoms with Crippen LogP contribution in [0, 0.1) is 24.7 Å². The molecular formula is C24H26BrF6NO5S. The largest absolute Gasteiger partial charge is 0.491 e. The predicted octanol–water partition coefficient (Wildman–Crippen LogP) is 5.87. The molecule has 1 N–H and O–H groups in total. The molecule has 0 aliphatic heterocycles. The maximum Gasteiger partial charge on any atom is 0.296 e. The number of ether oxygens (including phenoxy) is 1. The van der Waals surface area contributed by atoms with E-state index in [1.165, 1.54) is 18.3 Å². The van der Waals surface area contributed by atoms with Crippen LogP contribution in [0.2, 0.25) is 0 Å². The van der Waals surface area contributed by atoms with Gasteiger partial charge in [-0.3, -0.25) is 4.18 Å². The summed E-state index contributed by atoms with van der Waals surface area (Å²) in [6, 6.07) is 9.45. The van der Waals surface area contributed by atoms with Gasteiger partial charge < -0.3 is 9.84 Å². The van der Waals surface area contributed by atoms with Gasteiger partial charge in [-0.25, -0.2) is 31.3 Å². The molecule has 212 valence electrons. The van der Waals surface area contributed by atoms with Crippen molar-refractivity contribution in [2.75, 3.05) is 19.8 Å². The number of pyridine rings is 1. The van der Waals surface area contributed by atoms with E-state index < -0.39 is 52.2 Å². The van der Waals surface area contributed by atoms with Gasteiger partial charge in [0.05, 0.1) is 48.7 Å². The summed E-state index contributed by atoms with van der Waals surface area (Å²) in [5.41, 5.74) is 0.915. The summed E-state index contributed by atoms with van der Waals surface area (Å²) in [5.74, 6) is -9.60. The van der Waals surface area contributed by atoms with Crippen molar-refractivity contribution < 1.29 is 48.8 Å². The number of aliphatic hydroxyl groups is 1. The van der Waals surface area contributed by atoms with Crippen LogP contribution in [0.15, 0.2) is 52.1 Å². The van der Waals surface area contributed by atoms with Gasteiger partial charge in [-0.1, -0.05) is 17.7 Å². The summed E-state index contributed by atoms with van der Waals surface area (Å²) in [6.07, 6.45) is 1.03. The molecule has 3 aliphatic carbocycles. The van der Waals surface area contributed by atoms with Gasteiger partial charge in [-0.15, -0.1) is 0 Å². The summed E-state index contributed by atoms with van der Waals surface area (Å²) >= 11 is 3.17. The molecule has 14 heteroatoms. The first-order valence-electron chi connectivity index (χ1n) is 11.5. The Balaban J connectivity index is 0.000000171. The third-order valence-corrected chi connectivity index (χ3v) is 7.74. The summed E-state index contributed by atoms with van der Waals surface area (Å²) in [5, 5.41) is 8.06. The van der Waals surface area contributed by atoms with Gasteiger partial charge in [0.25, 0.3) is 27.9 Å². The van der Waals surface area contributed by atoms with Gasteiger partial charge in [-0.05, 0) is 47.1 Å². The summed E-state index contributed by atoms with van der Waals surface area (Å²) in [6.45, 7) is 1.06. The molecule has 0 radical (unpaired) electrons. The van der Waals surface area contributed by atoms with Crippen molar-refractivity contribution in [3.05, 3.63) is 52.8 Å². The van der Waals surface area contributed by atoms with Gasteiger partial charge >= 0.3 is 0 Å². The summed E-state index contributed by atoms with van der Waals surface area (Å²) in [4.78, 5) is 3.91. The van der Waals surface area contributed by atoms with Crippen LogP contribution in [0.3, 0.4) is 0 Å². The number of nitrogens with zero attached hydrogens (tertiary/aromatic N) is 1. The highest BCUT2D eigenvalue weighted by Crippen LogP contribution is 2.49. The van der Waals surface area contributed by atoms with Gasteiger partial charge in [0.2, 0.25) is 0 Å². The molecule has 1 heterocycles. The SMILES string of the molecule is Cc1ccc(S(=O)(=O)OCC2CC2(F)F)cc1.FC1(F)CC1COc1ccc(Br)nc1.OCC1CC1(F)F. The number of hydrogen-bond donors (Lipinski definition) is 1. The zero-order valence-corrected chi connectivity index (χ0v) is 22.5. The molecular weight excluding hydrogens is 608 g/mol. The number of aliphatic hydroxyl groups excluding tert-OH is 1. The highest BCUT2D eigenvalue weighted by atomic mass is 79.9. The Morgan fingerprint density at radius 1 is 0.895 bits per heavy atom. The number of alkyl halides is 6. The maximum absolute atomic E-state index is 12.6. The molecule has 1 aromatic carbocycles. The lowest BCUT2D eigenvalue weighted by atomic mass is 10.2. The number of halogens is 7. The molecule has 1 aromatic heterocycles. The average molecular weight is 634 g/mol. The second-order valence-corrected chi connectivity index (χ2v) is 11.8. The molecule has 6 nitrogen and oxygen atoms in total. The standard InChI is InChI=1S/C11H12F2O3S.C9H8BrF2NO.C4H6F2O/c1-8-2-4-10(5-3-8)17(14,15)16-7-9-6-11(9,12)13;10-8-2-1-7(4-13-8)14-5-6-3-9(6,11)12;5-4(6)1-3(4)2-7/h2-5,9H,6-7H2,1H3;1-2,4,6H,3,5H2;3,7H,1-2H2. The number of aromatic nitrogens is 1. The predicted molar refractivity (Wildman–Crippen MR) is 128 cm³/mol. The first-order valence-corrected chi connectivity index (χ1v) is 13.7. The Morgan fingerprint density at radius 2 is 1.39 bits per heavy atom. The number of rotatable bonds is 8. The molecule has 0 bridgehead atoms. The summed E-state index contributed by atoms with van der Waals surface area (Å²) < 4.78 is 107. The van der Waals surface area contributed by atoms with E-state index in [2.05, 4.69) is 25.1 Å². The van der Waals surface area contributed by atoms with Crippen LogP contribution in [0.5, 0.6) is 5.75 Å². The van der Waals surface area contributed by atoms with E-state index in [0.29, 0.717) is 10.4 Å². The third kappa shape index (κ3) is 9.09. The van der Waals surface area contributed by atoms with E-state index in [1.54, 1.807) is 24.3 Å². The minimum atomic E-state index is -3.92. The molecule has 3 saturated carbocycles. The van der Waals surface area contributed by atoms with E-state index >= 15 is 0 Å². The average Bonchev–Trinajstić information content (AvgIpc) is 3.77. The minimum Gasteiger partial charge on any atom is -0.491 e. The number of aryl methyl sites for hydroxylation is 1. The molecule has 3 fully saturated rings. The second-order valence-electron chi connectivity index (χ2n) is 9.35. The van der Waals surface area contributed by atoms with Gasteiger partial charge in [0.1, 0.15) is 10.4 Å². The lowest BCUT2D eigenvalue weighted by Gasteiger charge is -2.05. The monoisotopic (exact) mass is 633 g/mol. The first-order chi connectivity index (χ1) is 17.6. The maximum atomic E-state index is 12.6. The Bertz CT molecular complexity index is 1180. The van der Waals surface area contributed by atoms with Crippen molar-refractivity contribution in [2.24, 2.45) is 17.8 Å². The molecule has 2 aromatic rings. The minimum absolute atomic E-state index is 0.00735. The fourth-order valence-electron chi connectivity index (χ4n) is 2.96. The quantitative estimate of drug-likeness (QED) is 0.222. The Hall–Kier alpha value is -1.90. The highest BCUT2D eigenvalue weighted by Gasteiger charge is 2.58. The molecule has 0 spiro atoms. The van der Waals surface area contributed by atoms with E-state index in [4.69, 9.17) is 9.84 Å². The van der Waals surface area contributed by atoms with Crippen molar-refractivity contribution in [1.82, 2.24) is 4.98 Å². The second kappa shape index (κ2) is 11.7. The highest BCUT2D eigenvalue weighted by molar-refractivity contribution is 9.10. The van der Waals surface area contributed by atoms with Crippen LogP contribution in [0.25, 0.3) is 0 Å². The zero-order chi connectivity index (χ0) is 28.4. The topological polar surface area (TPSA) is 85.7 Å². The molecule has 0 saturated heterocycles. The van der Waals surface area contributed by atoms with E-state index in [1.807, 2.05) is 6.92 Å². The lowest BCUT2D eigenvalue weighted by molar-refractivity contribution is 0.0819. The molecule has 5 rings (SSSR count). The van der Waals surface area contributed by atoms with E-state index in [0.717, 1.165) is 5.56 Å². The van der Waals surface area contributed by atoms with E-state index in [-0.39, 0.29) is 37.4 Å². The van der Waals surface area contributed by atoms with Crippen molar-refractivity contribution in [2.45, 2.75) is 48.8 Å². The zero-order valence-electron chi connectivity index (χ0n) is 20.1. The van der Waals surface area contributed by atoms with Crippen LogP contribution >= 0.6 is 15.9 Å². The van der Waals surface area contributed by atoms with Crippen LogP contribution in [0.1, 0.15) is 24.8 Å². The Morgan fingerprint density at radius 3 is 1.79 bits per heavy atom. The van der Waals surface area contributed by atoms with Gasteiger partial charge in [0, 0.05) is 19.3 Å². The normalized spacial score (nSPS) is 25.1. The Labute approximate surface area is 224 Å². The van der Waals surface area contributed by atoms with Crippen LogP contribution < -0.4 is 4.74 Å². The number of benzene rings is 1. The van der Waals surface area contributed by atoms with Crippen molar-refractivity contribution >= 4 is 26.0 Å². The van der Waals surface area contributed by atoms with Gasteiger partial charge in [0.15, 0.2) is 0 Å². The molecule has 0 amide bonds. The summed E-state index contributed by atoms with van der Waals surface area (Å²) in [7, 11) is -3.92. The lowest BCUT2D eigenvalue weighted by Crippen LogP contribution is -2.11. The van der Waals surface area contributed by atoms with Gasteiger partial charge in [-0.2, -0.15) is 8.42 Å².